The highest BCUT2D eigenvalue weighted by Crippen LogP contribution is 2.27. The zero-order valence-electron chi connectivity index (χ0n) is 18.6. The summed E-state index contributed by atoms with van der Waals surface area (Å²) in [6.45, 7) is 5.29. The fraction of sp³-hybridized carbons (Fsp3) is 0.304. The average molecular weight is 493 g/mol. The summed E-state index contributed by atoms with van der Waals surface area (Å²) >= 11 is 0. The molecule has 1 aliphatic heterocycles. The van der Waals surface area contributed by atoms with Crippen LogP contribution in [0.4, 0.5) is 19.0 Å². The molecule has 1 fully saturated rings. The minimum absolute atomic E-state index is 0.0897. The summed E-state index contributed by atoms with van der Waals surface area (Å²) in [6, 6.07) is 14.1. The second-order valence-corrected chi connectivity index (χ2v) is 9.94. The van der Waals surface area contributed by atoms with E-state index in [-0.39, 0.29) is 18.0 Å². The van der Waals surface area contributed by atoms with Gasteiger partial charge in [-0.05, 0) is 55.8 Å². The first kappa shape index (κ1) is 24.0. The van der Waals surface area contributed by atoms with Crippen LogP contribution in [0.15, 0.2) is 59.5 Å². The van der Waals surface area contributed by atoms with Crippen molar-refractivity contribution in [2.24, 2.45) is 0 Å². The molecule has 34 heavy (non-hydrogen) atoms. The molecule has 3 aromatic rings. The number of benzene rings is 2. The fourth-order valence-corrected chi connectivity index (χ4v) is 5.28. The van der Waals surface area contributed by atoms with Gasteiger partial charge >= 0.3 is 6.36 Å². The second kappa shape index (κ2) is 9.22. The number of halogens is 3. The molecule has 2 aromatic carbocycles. The molecule has 0 saturated carbocycles. The number of rotatable bonds is 5. The summed E-state index contributed by atoms with van der Waals surface area (Å²) in [7, 11) is -3.85. The SMILES string of the molecule is Cc1ccc(-c2ccc(N3CCN(S(=O)(=O)c4ccc(OC(F)(F)F)cc4)CC3)nn2)c(C)c1. The Bertz CT molecular complexity index is 1260. The lowest BCUT2D eigenvalue weighted by Crippen LogP contribution is -2.49. The number of hydrogen-bond donors (Lipinski definition) is 0. The Morgan fingerprint density at radius 3 is 2.12 bits per heavy atom. The molecule has 2 heterocycles. The van der Waals surface area contributed by atoms with Gasteiger partial charge in [-0.2, -0.15) is 4.31 Å². The maximum atomic E-state index is 12.9. The Balaban J connectivity index is 1.40. The minimum atomic E-state index is -4.84. The Morgan fingerprint density at radius 1 is 0.882 bits per heavy atom. The zero-order valence-corrected chi connectivity index (χ0v) is 19.4. The van der Waals surface area contributed by atoms with Crippen LogP contribution < -0.4 is 9.64 Å². The van der Waals surface area contributed by atoms with Gasteiger partial charge in [0, 0.05) is 31.7 Å². The molecule has 11 heteroatoms. The van der Waals surface area contributed by atoms with E-state index in [4.69, 9.17) is 0 Å². The van der Waals surface area contributed by atoms with Crippen LogP contribution in [-0.2, 0) is 10.0 Å². The predicted molar refractivity (Wildman–Crippen MR) is 121 cm³/mol. The lowest BCUT2D eigenvalue weighted by Gasteiger charge is -2.34. The largest absolute Gasteiger partial charge is 0.573 e. The Labute approximate surface area is 195 Å². The van der Waals surface area contributed by atoms with Crippen molar-refractivity contribution in [1.82, 2.24) is 14.5 Å². The molecule has 0 N–H and O–H groups in total. The standard InChI is InChI=1S/C23H23F3N4O3S/c1-16-3-8-20(17(2)15-16)21-9-10-22(28-27-21)29-11-13-30(14-12-29)34(31,32)19-6-4-18(5-7-19)33-23(24,25)26/h3-10,15H,11-14H2,1-2H3. The number of ether oxygens (including phenoxy) is 1. The van der Waals surface area contributed by atoms with Crippen molar-refractivity contribution >= 4 is 15.8 Å². The van der Waals surface area contributed by atoms with E-state index >= 15 is 0 Å². The second-order valence-electron chi connectivity index (χ2n) is 8.01. The first-order valence-corrected chi connectivity index (χ1v) is 12.0. The van der Waals surface area contributed by atoms with Crippen molar-refractivity contribution in [3.63, 3.8) is 0 Å². The number of piperazine rings is 1. The van der Waals surface area contributed by atoms with Crippen molar-refractivity contribution in [2.45, 2.75) is 25.1 Å². The molecule has 0 unspecified atom stereocenters. The molecule has 0 aliphatic carbocycles. The zero-order chi connectivity index (χ0) is 24.5. The lowest BCUT2D eigenvalue weighted by molar-refractivity contribution is -0.274. The smallest absolute Gasteiger partial charge is 0.406 e. The van der Waals surface area contributed by atoms with Crippen LogP contribution >= 0.6 is 0 Å². The van der Waals surface area contributed by atoms with Crippen LogP contribution in [0, 0.1) is 13.8 Å². The molecular formula is C23H23F3N4O3S. The van der Waals surface area contributed by atoms with Crippen LogP contribution in [0.5, 0.6) is 5.75 Å². The predicted octanol–water partition coefficient (Wildman–Crippen LogP) is 4.17. The van der Waals surface area contributed by atoms with Gasteiger partial charge in [-0.3, -0.25) is 0 Å². The van der Waals surface area contributed by atoms with E-state index in [2.05, 4.69) is 21.0 Å². The molecule has 0 spiro atoms. The van der Waals surface area contributed by atoms with E-state index in [1.54, 1.807) is 0 Å². The topological polar surface area (TPSA) is 75.6 Å². The van der Waals surface area contributed by atoms with Gasteiger partial charge in [0.2, 0.25) is 10.0 Å². The van der Waals surface area contributed by atoms with E-state index in [1.807, 2.05) is 43.0 Å². The quantitative estimate of drug-likeness (QED) is 0.532. The highest BCUT2D eigenvalue weighted by molar-refractivity contribution is 7.89. The molecular weight excluding hydrogens is 469 g/mol. The van der Waals surface area contributed by atoms with Gasteiger partial charge in [0.25, 0.3) is 0 Å². The van der Waals surface area contributed by atoms with Gasteiger partial charge in [0.05, 0.1) is 10.6 Å². The Kier molecular flexibility index (Phi) is 6.50. The molecule has 0 bridgehead atoms. The summed E-state index contributed by atoms with van der Waals surface area (Å²) in [5.41, 5.74) is 4.05. The molecule has 180 valence electrons. The molecule has 0 atom stereocenters. The Hall–Kier alpha value is -3.18. The van der Waals surface area contributed by atoms with Crippen molar-refractivity contribution < 1.29 is 26.3 Å². The summed E-state index contributed by atoms with van der Waals surface area (Å²) in [5.74, 6) is 0.179. The highest BCUT2D eigenvalue weighted by atomic mass is 32.2. The first-order valence-electron chi connectivity index (χ1n) is 10.6. The van der Waals surface area contributed by atoms with E-state index in [1.165, 1.54) is 9.87 Å². The molecule has 0 radical (unpaired) electrons. The van der Waals surface area contributed by atoms with Gasteiger partial charge in [0.1, 0.15) is 5.75 Å². The molecule has 4 rings (SSSR count). The molecule has 1 aliphatic rings. The first-order chi connectivity index (χ1) is 16.0. The van der Waals surface area contributed by atoms with Gasteiger partial charge in [-0.1, -0.05) is 23.8 Å². The minimum Gasteiger partial charge on any atom is -0.406 e. The van der Waals surface area contributed by atoms with Crippen molar-refractivity contribution in [2.75, 3.05) is 31.1 Å². The number of hydrogen-bond acceptors (Lipinski definition) is 6. The molecule has 1 aromatic heterocycles. The van der Waals surface area contributed by atoms with Gasteiger partial charge < -0.3 is 9.64 Å². The van der Waals surface area contributed by atoms with Crippen LogP contribution in [0.3, 0.4) is 0 Å². The van der Waals surface area contributed by atoms with Gasteiger partial charge in [0.15, 0.2) is 5.82 Å². The number of alkyl halides is 3. The number of sulfonamides is 1. The fourth-order valence-electron chi connectivity index (χ4n) is 3.86. The van der Waals surface area contributed by atoms with E-state index in [0.717, 1.165) is 41.1 Å². The Morgan fingerprint density at radius 2 is 1.56 bits per heavy atom. The summed E-state index contributed by atoms with van der Waals surface area (Å²) in [5, 5.41) is 8.68. The summed E-state index contributed by atoms with van der Waals surface area (Å²) in [4.78, 5) is 1.86. The van der Waals surface area contributed by atoms with Crippen molar-refractivity contribution in [3.05, 3.63) is 65.7 Å². The normalized spacial score (nSPS) is 15.4. The van der Waals surface area contributed by atoms with Crippen molar-refractivity contribution in [1.29, 1.82) is 0 Å². The van der Waals surface area contributed by atoms with Crippen LogP contribution in [-0.4, -0.2) is 55.5 Å². The maximum Gasteiger partial charge on any atom is 0.573 e. The van der Waals surface area contributed by atoms with Crippen molar-refractivity contribution in [3.8, 4) is 17.0 Å². The number of aryl methyl sites for hydroxylation is 2. The summed E-state index contributed by atoms with van der Waals surface area (Å²) < 4.78 is 67.9. The highest BCUT2D eigenvalue weighted by Gasteiger charge is 2.32. The maximum absolute atomic E-state index is 12.9. The average Bonchev–Trinajstić information content (AvgIpc) is 2.79. The van der Waals surface area contributed by atoms with E-state index in [9.17, 15) is 21.6 Å². The van der Waals surface area contributed by atoms with Crippen LogP contribution in [0.25, 0.3) is 11.3 Å². The third-order valence-corrected chi connectivity index (χ3v) is 7.48. The number of aromatic nitrogens is 2. The van der Waals surface area contributed by atoms with Gasteiger partial charge in [-0.15, -0.1) is 23.4 Å². The monoisotopic (exact) mass is 492 g/mol. The molecule has 1 saturated heterocycles. The third kappa shape index (κ3) is 5.31. The number of nitrogens with zero attached hydrogens (tertiary/aromatic N) is 4. The van der Waals surface area contributed by atoms with Crippen LogP contribution in [0.2, 0.25) is 0 Å². The molecule has 0 amide bonds. The molecule has 7 nitrogen and oxygen atoms in total. The van der Waals surface area contributed by atoms with E-state index in [0.29, 0.717) is 18.9 Å². The number of anilines is 1. The third-order valence-electron chi connectivity index (χ3n) is 5.57. The van der Waals surface area contributed by atoms with Gasteiger partial charge in [-0.25, -0.2) is 8.42 Å². The lowest BCUT2D eigenvalue weighted by atomic mass is 10.0. The summed E-state index contributed by atoms with van der Waals surface area (Å²) in [6.07, 6.45) is -4.84. The van der Waals surface area contributed by atoms with E-state index < -0.39 is 22.1 Å². The van der Waals surface area contributed by atoms with Crippen LogP contribution in [0.1, 0.15) is 11.1 Å².